The van der Waals surface area contributed by atoms with E-state index in [4.69, 9.17) is 5.73 Å². The molecule has 0 radical (unpaired) electrons. The van der Waals surface area contributed by atoms with Crippen LogP contribution in [0.15, 0.2) is 47.4 Å². The molecule has 2 aromatic carbocycles. The van der Waals surface area contributed by atoms with Crippen molar-refractivity contribution in [1.82, 2.24) is 9.88 Å². The number of amides is 1. The topological polar surface area (TPSA) is 59.2 Å². The molecule has 1 saturated heterocycles. The molecule has 0 bridgehead atoms. The average molecular weight is 458 g/mol. The molecule has 3 aromatic rings. The number of anilines is 1. The number of benzene rings is 2. The van der Waals surface area contributed by atoms with Crippen molar-refractivity contribution in [3.8, 4) is 0 Å². The standard InChI is InChI=1S/C24H22F3N3OS/c25-24(26,27)16-7-4-14(5-8-16)20-3-1-2-11-30(20)23(31)15-6-9-19-18(13-15)17-10-12-32-21(17)22(28)29-19/h4-9,13,20H,1-3,10-12H2,(H2,28,29)/t20-/m1/s1. The number of pyridine rings is 1. The summed E-state index contributed by atoms with van der Waals surface area (Å²) in [6, 6.07) is 10.4. The Hall–Kier alpha value is -2.74. The predicted octanol–water partition coefficient (Wildman–Crippen LogP) is 5.85. The highest BCUT2D eigenvalue weighted by Gasteiger charge is 2.32. The quantitative estimate of drug-likeness (QED) is 0.524. The summed E-state index contributed by atoms with van der Waals surface area (Å²) >= 11 is 1.69. The zero-order chi connectivity index (χ0) is 22.5. The van der Waals surface area contributed by atoms with Gasteiger partial charge in [0.1, 0.15) is 5.82 Å². The number of hydrogen-bond donors (Lipinski definition) is 1. The number of nitrogens with zero attached hydrogens (tertiary/aromatic N) is 2. The number of carbonyl (C=O) groups excluding carboxylic acids is 1. The normalized spacial score (nSPS) is 18.7. The van der Waals surface area contributed by atoms with Gasteiger partial charge in [0.15, 0.2) is 0 Å². The van der Waals surface area contributed by atoms with Crippen molar-refractivity contribution in [3.05, 3.63) is 64.7 Å². The lowest BCUT2D eigenvalue weighted by molar-refractivity contribution is -0.137. The van der Waals surface area contributed by atoms with E-state index in [9.17, 15) is 18.0 Å². The van der Waals surface area contributed by atoms with Gasteiger partial charge in [0.05, 0.1) is 22.0 Å². The molecule has 2 N–H and O–H groups in total. The van der Waals surface area contributed by atoms with E-state index in [1.807, 2.05) is 12.1 Å². The summed E-state index contributed by atoms with van der Waals surface area (Å²) in [5, 5.41) is 0.952. The largest absolute Gasteiger partial charge is 0.416 e. The molecule has 1 amide bonds. The van der Waals surface area contributed by atoms with Crippen LogP contribution in [0.3, 0.4) is 0 Å². The number of nitrogen functional groups attached to an aromatic ring is 1. The van der Waals surface area contributed by atoms with Crippen molar-refractivity contribution in [2.24, 2.45) is 0 Å². The third-order valence-electron chi connectivity index (χ3n) is 6.30. The Morgan fingerprint density at radius 1 is 1.12 bits per heavy atom. The Morgan fingerprint density at radius 3 is 2.66 bits per heavy atom. The van der Waals surface area contributed by atoms with Gasteiger partial charge in [-0.15, -0.1) is 11.8 Å². The maximum absolute atomic E-state index is 13.5. The Kier molecular flexibility index (Phi) is 5.28. The highest BCUT2D eigenvalue weighted by Crippen LogP contribution is 2.40. The number of alkyl halides is 3. The molecule has 4 nitrogen and oxygen atoms in total. The summed E-state index contributed by atoms with van der Waals surface area (Å²) in [6.07, 6.45) is -0.947. The van der Waals surface area contributed by atoms with Crippen LogP contribution in [0.5, 0.6) is 0 Å². The number of rotatable bonds is 2. The number of aryl methyl sites for hydroxylation is 1. The first-order valence-electron chi connectivity index (χ1n) is 10.7. The number of fused-ring (bicyclic) bond motifs is 3. The van der Waals surface area contributed by atoms with Crippen LogP contribution in [-0.2, 0) is 12.6 Å². The number of carbonyl (C=O) groups is 1. The third-order valence-corrected chi connectivity index (χ3v) is 7.45. The Morgan fingerprint density at radius 2 is 1.91 bits per heavy atom. The van der Waals surface area contributed by atoms with Crippen molar-refractivity contribution in [2.75, 3.05) is 18.0 Å². The van der Waals surface area contributed by atoms with Gasteiger partial charge in [-0.25, -0.2) is 4.98 Å². The van der Waals surface area contributed by atoms with Crippen molar-refractivity contribution in [2.45, 2.75) is 42.8 Å². The van der Waals surface area contributed by atoms with Gasteiger partial charge in [-0.05, 0) is 67.1 Å². The van der Waals surface area contributed by atoms with Crippen LogP contribution in [0.2, 0.25) is 0 Å². The summed E-state index contributed by atoms with van der Waals surface area (Å²) in [5.74, 6) is 1.38. The van der Waals surface area contributed by atoms with E-state index in [1.165, 1.54) is 12.1 Å². The number of aromatic nitrogens is 1. The van der Waals surface area contributed by atoms with E-state index in [1.54, 1.807) is 22.7 Å². The first kappa shape index (κ1) is 21.1. The SMILES string of the molecule is Nc1nc2ccc(C(=O)N3CCCC[C@@H]3c3ccc(C(F)(F)F)cc3)cc2c2c1SCC2. The highest BCUT2D eigenvalue weighted by atomic mass is 32.2. The molecule has 0 saturated carbocycles. The summed E-state index contributed by atoms with van der Waals surface area (Å²) in [6.45, 7) is 0.580. The van der Waals surface area contributed by atoms with Crippen LogP contribution in [0, 0.1) is 0 Å². The van der Waals surface area contributed by atoms with Gasteiger partial charge in [-0.3, -0.25) is 4.79 Å². The lowest BCUT2D eigenvalue weighted by Gasteiger charge is -2.36. The van der Waals surface area contributed by atoms with Crippen LogP contribution in [0.25, 0.3) is 10.9 Å². The van der Waals surface area contributed by atoms with Crippen LogP contribution in [0.1, 0.15) is 52.4 Å². The third kappa shape index (κ3) is 3.70. The van der Waals surface area contributed by atoms with Crippen molar-refractivity contribution in [1.29, 1.82) is 0 Å². The molecular formula is C24H22F3N3OS. The summed E-state index contributed by atoms with van der Waals surface area (Å²) in [5.41, 5.74) is 8.64. The minimum atomic E-state index is -4.37. The van der Waals surface area contributed by atoms with E-state index < -0.39 is 11.7 Å². The number of piperidine rings is 1. The summed E-state index contributed by atoms with van der Waals surface area (Å²) in [4.78, 5) is 20.8. The monoisotopic (exact) mass is 457 g/mol. The smallest absolute Gasteiger partial charge is 0.383 e. The molecule has 32 heavy (non-hydrogen) atoms. The first-order chi connectivity index (χ1) is 15.3. The zero-order valence-electron chi connectivity index (χ0n) is 17.3. The number of hydrogen-bond acceptors (Lipinski definition) is 4. The second kappa shape index (κ2) is 7.99. The molecule has 0 unspecified atom stereocenters. The predicted molar refractivity (Wildman–Crippen MR) is 120 cm³/mol. The van der Waals surface area contributed by atoms with Gasteiger partial charge in [-0.1, -0.05) is 12.1 Å². The van der Waals surface area contributed by atoms with Gasteiger partial charge in [0.25, 0.3) is 5.91 Å². The Labute approximate surface area is 188 Å². The number of thioether (sulfide) groups is 1. The molecule has 1 fully saturated rings. The van der Waals surface area contributed by atoms with Crippen molar-refractivity contribution in [3.63, 3.8) is 0 Å². The molecule has 5 rings (SSSR count). The molecule has 8 heteroatoms. The van der Waals surface area contributed by atoms with Crippen molar-refractivity contribution < 1.29 is 18.0 Å². The maximum atomic E-state index is 13.5. The summed E-state index contributed by atoms with van der Waals surface area (Å²) < 4.78 is 38.9. The lowest BCUT2D eigenvalue weighted by atomic mass is 9.93. The number of halogens is 3. The molecule has 2 aliphatic rings. The van der Waals surface area contributed by atoms with Gasteiger partial charge in [-0.2, -0.15) is 13.2 Å². The minimum Gasteiger partial charge on any atom is -0.383 e. The van der Waals surface area contributed by atoms with E-state index in [-0.39, 0.29) is 11.9 Å². The zero-order valence-corrected chi connectivity index (χ0v) is 18.1. The number of likely N-dealkylation sites (tertiary alicyclic amines) is 1. The van der Waals surface area contributed by atoms with E-state index >= 15 is 0 Å². The van der Waals surface area contributed by atoms with Crippen LogP contribution in [-0.4, -0.2) is 28.1 Å². The van der Waals surface area contributed by atoms with Crippen LogP contribution >= 0.6 is 11.8 Å². The molecular weight excluding hydrogens is 435 g/mol. The summed E-state index contributed by atoms with van der Waals surface area (Å²) in [7, 11) is 0. The first-order valence-corrected chi connectivity index (χ1v) is 11.6. The fourth-order valence-corrected chi connectivity index (χ4v) is 5.80. The average Bonchev–Trinajstić information content (AvgIpc) is 3.29. The van der Waals surface area contributed by atoms with E-state index in [2.05, 4.69) is 4.98 Å². The fraction of sp³-hybridized carbons (Fsp3) is 0.333. The molecule has 0 aliphatic carbocycles. The molecule has 1 atom stereocenters. The maximum Gasteiger partial charge on any atom is 0.416 e. The number of nitrogens with two attached hydrogens (primary N) is 1. The van der Waals surface area contributed by atoms with Crippen molar-refractivity contribution >= 4 is 34.4 Å². The van der Waals surface area contributed by atoms with E-state index in [0.717, 1.165) is 70.5 Å². The Bertz CT molecular complexity index is 1190. The molecule has 166 valence electrons. The second-order valence-electron chi connectivity index (χ2n) is 8.27. The van der Waals surface area contributed by atoms with E-state index in [0.29, 0.717) is 17.9 Å². The van der Waals surface area contributed by atoms with Gasteiger partial charge < -0.3 is 10.6 Å². The van der Waals surface area contributed by atoms with Gasteiger partial charge >= 0.3 is 6.18 Å². The fourth-order valence-electron chi connectivity index (χ4n) is 4.71. The second-order valence-corrected chi connectivity index (χ2v) is 9.37. The molecule has 0 spiro atoms. The molecule has 1 aromatic heterocycles. The van der Waals surface area contributed by atoms with Crippen LogP contribution in [0.4, 0.5) is 19.0 Å². The highest BCUT2D eigenvalue weighted by molar-refractivity contribution is 7.99. The van der Waals surface area contributed by atoms with Gasteiger partial charge in [0, 0.05) is 23.2 Å². The van der Waals surface area contributed by atoms with Gasteiger partial charge in [0.2, 0.25) is 0 Å². The minimum absolute atomic E-state index is 0.104. The molecule has 3 heterocycles. The Balaban J connectivity index is 1.48. The lowest BCUT2D eigenvalue weighted by Crippen LogP contribution is -2.38. The van der Waals surface area contributed by atoms with Crippen LogP contribution < -0.4 is 5.73 Å². The molecule has 2 aliphatic heterocycles.